The molecule has 0 saturated carbocycles. The fourth-order valence-corrected chi connectivity index (χ4v) is 4.20. The molecule has 8 nitrogen and oxygen atoms in total. The van der Waals surface area contributed by atoms with Crippen LogP contribution in [0, 0.1) is 13.8 Å². The summed E-state index contributed by atoms with van der Waals surface area (Å²) >= 11 is 0. The molecule has 0 amide bonds. The first kappa shape index (κ1) is 20.0. The number of fused-ring (bicyclic) bond motifs is 3. The van der Waals surface area contributed by atoms with Gasteiger partial charge in [0, 0.05) is 5.57 Å². The van der Waals surface area contributed by atoms with E-state index in [2.05, 4.69) is 10.1 Å². The van der Waals surface area contributed by atoms with E-state index in [0.29, 0.717) is 40.0 Å². The van der Waals surface area contributed by atoms with Gasteiger partial charge in [-0.1, -0.05) is 18.2 Å². The van der Waals surface area contributed by atoms with Gasteiger partial charge >= 0.3 is 0 Å². The van der Waals surface area contributed by atoms with E-state index in [1.54, 1.807) is 30.1 Å². The fraction of sp³-hybridized carbons (Fsp3) is 0.250. The number of ether oxygens (including phenoxy) is 2. The Labute approximate surface area is 184 Å². The van der Waals surface area contributed by atoms with Crippen LogP contribution in [0.5, 0.6) is 11.6 Å². The van der Waals surface area contributed by atoms with Crippen molar-refractivity contribution in [2.24, 2.45) is 0 Å². The molecular formula is C24H22N4O4. The lowest BCUT2D eigenvalue weighted by Gasteiger charge is -2.26. The number of carbonyl (C=O) groups excluding carboxylic acids is 1. The van der Waals surface area contributed by atoms with Crippen molar-refractivity contribution in [2.75, 3.05) is 0 Å². The number of furan rings is 1. The number of hydrogen-bond donors (Lipinski definition) is 0. The average Bonchev–Trinajstić information content (AvgIpc) is 3.41. The van der Waals surface area contributed by atoms with Gasteiger partial charge in [-0.15, -0.1) is 5.10 Å². The van der Waals surface area contributed by atoms with Crippen molar-refractivity contribution in [3.8, 4) is 11.6 Å². The van der Waals surface area contributed by atoms with E-state index >= 15 is 0 Å². The van der Waals surface area contributed by atoms with E-state index in [9.17, 15) is 4.79 Å². The van der Waals surface area contributed by atoms with Gasteiger partial charge < -0.3 is 13.9 Å². The molecule has 0 fully saturated rings. The number of para-hydroxylation sites is 1. The van der Waals surface area contributed by atoms with E-state index < -0.39 is 5.92 Å². The van der Waals surface area contributed by atoms with Gasteiger partial charge in [-0.2, -0.15) is 0 Å². The largest absolute Gasteiger partial charge is 0.485 e. The number of allylic oxidation sites excluding steroid dienone is 2. The zero-order valence-corrected chi connectivity index (χ0v) is 18.2. The highest BCUT2D eigenvalue weighted by Gasteiger charge is 2.37. The van der Waals surface area contributed by atoms with E-state index in [1.807, 2.05) is 38.1 Å². The molecule has 0 radical (unpaired) electrons. The SMILES string of the molecule is CC(=O)C1=C(C)Oc2ncn3nc(COc4c(C)cccc4C)nc3c2C1c1ccco1. The van der Waals surface area contributed by atoms with Crippen molar-refractivity contribution in [1.29, 1.82) is 0 Å². The number of benzene rings is 1. The van der Waals surface area contributed by atoms with Crippen LogP contribution in [0.4, 0.5) is 0 Å². The van der Waals surface area contributed by atoms with E-state index in [1.165, 1.54) is 6.92 Å². The van der Waals surface area contributed by atoms with Gasteiger partial charge in [0.1, 0.15) is 30.2 Å². The normalized spacial score (nSPS) is 15.6. The highest BCUT2D eigenvalue weighted by molar-refractivity contribution is 5.97. The summed E-state index contributed by atoms with van der Waals surface area (Å²) in [5, 5.41) is 4.53. The molecule has 4 aromatic rings. The van der Waals surface area contributed by atoms with Gasteiger partial charge in [0.2, 0.25) is 5.88 Å². The number of carbonyl (C=O) groups is 1. The fourth-order valence-electron chi connectivity index (χ4n) is 4.20. The van der Waals surface area contributed by atoms with Crippen molar-refractivity contribution < 1.29 is 18.7 Å². The number of aryl methyl sites for hydroxylation is 2. The molecular weight excluding hydrogens is 408 g/mol. The monoisotopic (exact) mass is 430 g/mol. The van der Waals surface area contributed by atoms with Crippen LogP contribution in [0.15, 0.2) is 58.7 Å². The number of hydrogen-bond acceptors (Lipinski definition) is 7. The molecule has 32 heavy (non-hydrogen) atoms. The van der Waals surface area contributed by atoms with Crippen LogP contribution >= 0.6 is 0 Å². The molecule has 1 aromatic carbocycles. The zero-order chi connectivity index (χ0) is 22.4. The predicted molar refractivity (Wildman–Crippen MR) is 116 cm³/mol. The molecule has 162 valence electrons. The van der Waals surface area contributed by atoms with Crippen LogP contribution in [0.1, 0.15) is 48.0 Å². The first-order valence-corrected chi connectivity index (χ1v) is 10.3. The minimum atomic E-state index is -0.487. The Balaban J connectivity index is 1.59. The smallest absolute Gasteiger partial charge is 0.228 e. The molecule has 0 bridgehead atoms. The summed E-state index contributed by atoms with van der Waals surface area (Å²) in [4.78, 5) is 21.7. The van der Waals surface area contributed by atoms with E-state index in [4.69, 9.17) is 18.9 Å². The van der Waals surface area contributed by atoms with Gasteiger partial charge in [0.25, 0.3) is 0 Å². The summed E-state index contributed by atoms with van der Waals surface area (Å²) in [5.41, 5.74) is 3.79. The number of aromatic nitrogens is 4. The maximum absolute atomic E-state index is 12.5. The Morgan fingerprint density at radius 2 is 1.94 bits per heavy atom. The molecule has 0 aliphatic carbocycles. The van der Waals surface area contributed by atoms with Gasteiger partial charge in [-0.3, -0.25) is 4.79 Å². The minimum Gasteiger partial charge on any atom is -0.485 e. The average molecular weight is 430 g/mol. The minimum absolute atomic E-state index is 0.102. The van der Waals surface area contributed by atoms with Crippen LogP contribution in [0.2, 0.25) is 0 Å². The van der Waals surface area contributed by atoms with Crippen LogP contribution in [0.25, 0.3) is 5.65 Å². The third kappa shape index (κ3) is 3.24. The van der Waals surface area contributed by atoms with Crippen LogP contribution in [-0.4, -0.2) is 25.4 Å². The Hall–Kier alpha value is -3.94. The van der Waals surface area contributed by atoms with Crippen molar-refractivity contribution >= 4 is 11.4 Å². The molecule has 0 spiro atoms. The molecule has 0 N–H and O–H groups in total. The molecule has 0 saturated heterocycles. The van der Waals surface area contributed by atoms with Gasteiger partial charge in [0.15, 0.2) is 17.3 Å². The standard InChI is InChI=1S/C24H22N4O4/c1-13-7-5-8-14(2)22(13)31-11-18-26-23-21-20(17-9-6-10-30-17)19(15(3)29)16(4)32-24(21)25-12-28(23)27-18/h5-10,12,20H,11H2,1-4H3. The second kappa shape index (κ2) is 7.64. The molecule has 5 rings (SSSR count). The second-order valence-corrected chi connectivity index (χ2v) is 7.85. The molecule has 1 atom stereocenters. The Kier molecular flexibility index (Phi) is 4.77. The third-order valence-corrected chi connectivity index (χ3v) is 5.60. The Morgan fingerprint density at radius 3 is 2.62 bits per heavy atom. The summed E-state index contributed by atoms with van der Waals surface area (Å²) in [7, 11) is 0. The molecule has 3 aromatic heterocycles. The highest BCUT2D eigenvalue weighted by Crippen LogP contribution is 2.44. The molecule has 1 unspecified atom stereocenters. The maximum atomic E-state index is 12.5. The third-order valence-electron chi connectivity index (χ3n) is 5.60. The van der Waals surface area contributed by atoms with Crippen molar-refractivity contribution in [3.63, 3.8) is 0 Å². The van der Waals surface area contributed by atoms with Crippen LogP contribution < -0.4 is 9.47 Å². The maximum Gasteiger partial charge on any atom is 0.228 e. The number of Topliss-reactive ketones (excluding diaryl/α,β-unsaturated/α-hetero) is 1. The quantitative estimate of drug-likeness (QED) is 0.466. The van der Waals surface area contributed by atoms with Crippen LogP contribution in [0.3, 0.4) is 0 Å². The van der Waals surface area contributed by atoms with Crippen molar-refractivity contribution in [2.45, 2.75) is 40.2 Å². The summed E-state index contributed by atoms with van der Waals surface area (Å²) in [6.07, 6.45) is 3.13. The summed E-state index contributed by atoms with van der Waals surface area (Å²) in [5.74, 6) is 2.23. The second-order valence-electron chi connectivity index (χ2n) is 7.85. The number of ketones is 1. The summed E-state index contributed by atoms with van der Waals surface area (Å²) in [6, 6.07) is 9.63. The number of rotatable bonds is 5. The molecule has 8 heteroatoms. The molecule has 1 aliphatic heterocycles. The topological polar surface area (TPSA) is 91.8 Å². The molecule has 1 aliphatic rings. The van der Waals surface area contributed by atoms with Crippen molar-refractivity contribution in [1.82, 2.24) is 19.6 Å². The van der Waals surface area contributed by atoms with E-state index in [0.717, 1.165) is 16.9 Å². The Morgan fingerprint density at radius 1 is 1.16 bits per heavy atom. The Bertz CT molecular complexity index is 1350. The van der Waals surface area contributed by atoms with E-state index in [-0.39, 0.29) is 12.4 Å². The lowest BCUT2D eigenvalue weighted by molar-refractivity contribution is -0.114. The first-order valence-electron chi connectivity index (χ1n) is 10.3. The summed E-state index contributed by atoms with van der Waals surface area (Å²) in [6.45, 7) is 7.48. The zero-order valence-electron chi connectivity index (χ0n) is 18.2. The summed E-state index contributed by atoms with van der Waals surface area (Å²) < 4.78 is 19.2. The van der Waals surface area contributed by atoms with Gasteiger partial charge in [0.05, 0.1) is 17.7 Å². The first-order chi connectivity index (χ1) is 15.4. The molecule has 4 heterocycles. The van der Waals surface area contributed by atoms with Crippen LogP contribution in [-0.2, 0) is 11.4 Å². The number of nitrogens with zero attached hydrogens (tertiary/aromatic N) is 4. The predicted octanol–water partition coefficient (Wildman–Crippen LogP) is 4.30. The lowest BCUT2D eigenvalue weighted by atomic mass is 9.85. The van der Waals surface area contributed by atoms with Gasteiger partial charge in [-0.05, 0) is 51.0 Å². The highest BCUT2D eigenvalue weighted by atomic mass is 16.5. The van der Waals surface area contributed by atoms with Gasteiger partial charge in [-0.25, -0.2) is 14.5 Å². The lowest BCUT2D eigenvalue weighted by Crippen LogP contribution is -2.21. The van der Waals surface area contributed by atoms with Crippen molar-refractivity contribution in [3.05, 3.63) is 82.5 Å².